The summed E-state index contributed by atoms with van der Waals surface area (Å²) in [5.41, 5.74) is 4.45. The number of nitrogens with two attached hydrogens (primary N) is 1. The molecule has 1 unspecified atom stereocenters. The normalized spacial score (nSPS) is 34.9. The van der Waals surface area contributed by atoms with E-state index >= 15 is 0 Å². The number of carbonyl (C=O) groups is 1. The third-order valence-corrected chi connectivity index (χ3v) is 4.28. The van der Waals surface area contributed by atoms with Gasteiger partial charge in [0.1, 0.15) is 11.6 Å². The second kappa shape index (κ2) is 4.40. The molecule has 2 N–H and O–H groups in total. The Morgan fingerprint density at radius 2 is 2.00 bits per heavy atom. The summed E-state index contributed by atoms with van der Waals surface area (Å²) in [6.07, 6.45) is 2.31. The fourth-order valence-corrected chi connectivity index (χ4v) is 3.15. The maximum absolute atomic E-state index is 13.4. The SMILES string of the molecule is CC(C)(C)OC(=O)[C@@H](N)[C@H]1CCCC2(C1)CC2(F)F. The van der Waals surface area contributed by atoms with Crippen molar-refractivity contribution in [3.05, 3.63) is 0 Å². The standard InChI is InChI=1S/C14H23F2NO2/c1-12(2,3)19-11(18)10(17)9-5-4-6-13(7-9)8-14(13,15)16/h9-10H,4-8,17H2,1-3H3/t9-,10-,13?/m0/s1. The van der Waals surface area contributed by atoms with Crippen LogP contribution < -0.4 is 5.73 Å². The van der Waals surface area contributed by atoms with Crippen molar-refractivity contribution in [3.63, 3.8) is 0 Å². The van der Waals surface area contributed by atoms with E-state index in [4.69, 9.17) is 10.5 Å². The lowest BCUT2D eigenvalue weighted by Gasteiger charge is -2.33. The van der Waals surface area contributed by atoms with E-state index in [0.717, 1.165) is 12.8 Å². The lowest BCUT2D eigenvalue weighted by atomic mass is 9.75. The van der Waals surface area contributed by atoms with Gasteiger partial charge in [0.25, 0.3) is 5.92 Å². The Morgan fingerprint density at radius 3 is 2.47 bits per heavy atom. The molecule has 0 amide bonds. The molecule has 0 aromatic heterocycles. The van der Waals surface area contributed by atoms with Crippen LogP contribution in [0.5, 0.6) is 0 Å². The van der Waals surface area contributed by atoms with E-state index < -0.39 is 28.9 Å². The second-order valence-corrected chi connectivity index (χ2v) is 7.08. The molecule has 3 atom stereocenters. The molecule has 1 spiro atoms. The van der Waals surface area contributed by atoms with E-state index in [0.29, 0.717) is 12.8 Å². The van der Waals surface area contributed by atoms with Gasteiger partial charge in [-0.15, -0.1) is 0 Å². The molecule has 2 aliphatic carbocycles. The number of hydrogen-bond donors (Lipinski definition) is 1. The highest BCUT2D eigenvalue weighted by Gasteiger charge is 2.71. The molecule has 0 aromatic carbocycles. The van der Waals surface area contributed by atoms with Crippen LogP contribution in [0.1, 0.15) is 52.9 Å². The summed E-state index contributed by atoms with van der Waals surface area (Å²) in [6, 6.07) is -0.784. The molecule has 110 valence electrons. The van der Waals surface area contributed by atoms with E-state index in [1.165, 1.54) is 0 Å². The molecular formula is C14H23F2NO2. The van der Waals surface area contributed by atoms with Gasteiger partial charge in [-0.3, -0.25) is 4.79 Å². The second-order valence-electron chi connectivity index (χ2n) is 7.08. The van der Waals surface area contributed by atoms with Crippen molar-refractivity contribution in [1.29, 1.82) is 0 Å². The summed E-state index contributed by atoms with van der Waals surface area (Å²) in [5.74, 6) is -3.21. The Bertz CT molecular complexity index is 378. The van der Waals surface area contributed by atoms with Crippen LogP contribution in [0.25, 0.3) is 0 Å². The van der Waals surface area contributed by atoms with Gasteiger partial charge >= 0.3 is 5.97 Å². The molecule has 0 bridgehead atoms. The maximum atomic E-state index is 13.4. The molecule has 2 rings (SSSR count). The first-order valence-electron chi connectivity index (χ1n) is 6.93. The minimum absolute atomic E-state index is 0.0441. The Balaban J connectivity index is 1.97. The minimum Gasteiger partial charge on any atom is -0.459 e. The van der Waals surface area contributed by atoms with E-state index in [1.54, 1.807) is 20.8 Å². The van der Waals surface area contributed by atoms with Crippen LogP contribution >= 0.6 is 0 Å². The third-order valence-electron chi connectivity index (χ3n) is 4.28. The molecule has 0 aromatic rings. The van der Waals surface area contributed by atoms with Crippen molar-refractivity contribution in [2.75, 3.05) is 0 Å². The Labute approximate surface area is 112 Å². The number of halogens is 2. The van der Waals surface area contributed by atoms with Crippen molar-refractivity contribution in [2.24, 2.45) is 17.1 Å². The summed E-state index contributed by atoms with van der Waals surface area (Å²) < 4.78 is 32.1. The first-order chi connectivity index (χ1) is 8.56. The summed E-state index contributed by atoms with van der Waals surface area (Å²) >= 11 is 0. The fourth-order valence-electron chi connectivity index (χ4n) is 3.15. The number of esters is 1. The Morgan fingerprint density at radius 1 is 1.42 bits per heavy atom. The van der Waals surface area contributed by atoms with Crippen LogP contribution in [0.3, 0.4) is 0 Å². The summed E-state index contributed by atoms with van der Waals surface area (Å²) in [5, 5.41) is 0. The average molecular weight is 275 g/mol. The first kappa shape index (κ1) is 14.7. The Hall–Kier alpha value is -0.710. The monoisotopic (exact) mass is 275 g/mol. The van der Waals surface area contributed by atoms with Crippen molar-refractivity contribution in [2.45, 2.75) is 70.4 Å². The van der Waals surface area contributed by atoms with Gasteiger partial charge in [0.2, 0.25) is 0 Å². The lowest BCUT2D eigenvalue weighted by Crippen LogP contribution is -2.44. The van der Waals surface area contributed by atoms with Crippen LogP contribution in [0.2, 0.25) is 0 Å². The summed E-state index contributed by atoms with van der Waals surface area (Å²) in [6.45, 7) is 5.32. The van der Waals surface area contributed by atoms with Crippen LogP contribution in [0.15, 0.2) is 0 Å². The number of alkyl halides is 2. The van der Waals surface area contributed by atoms with Crippen molar-refractivity contribution < 1.29 is 18.3 Å². The highest BCUT2D eigenvalue weighted by molar-refractivity contribution is 5.76. The van der Waals surface area contributed by atoms with Gasteiger partial charge < -0.3 is 10.5 Å². The van der Waals surface area contributed by atoms with Gasteiger partial charge in [0.05, 0.1) is 0 Å². The zero-order valence-corrected chi connectivity index (χ0v) is 11.8. The van der Waals surface area contributed by atoms with Crippen LogP contribution in [-0.4, -0.2) is 23.5 Å². The largest absolute Gasteiger partial charge is 0.459 e. The van der Waals surface area contributed by atoms with E-state index in [-0.39, 0.29) is 12.3 Å². The zero-order chi connectivity index (χ0) is 14.5. The number of rotatable bonds is 2. The van der Waals surface area contributed by atoms with Gasteiger partial charge in [-0.25, -0.2) is 8.78 Å². The molecule has 0 saturated heterocycles. The molecule has 0 heterocycles. The van der Waals surface area contributed by atoms with Crippen LogP contribution in [0, 0.1) is 11.3 Å². The first-order valence-corrected chi connectivity index (χ1v) is 6.93. The molecule has 0 aliphatic heterocycles. The van der Waals surface area contributed by atoms with Gasteiger partial charge in [0, 0.05) is 11.8 Å². The van der Waals surface area contributed by atoms with Gasteiger partial charge in [-0.2, -0.15) is 0 Å². The number of hydrogen-bond acceptors (Lipinski definition) is 3. The van der Waals surface area contributed by atoms with E-state index in [1.807, 2.05) is 0 Å². The summed E-state index contributed by atoms with van der Waals surface area (Å²) in [4.78, 5) is 11.9. The molecule has 5 heteroatoms. The average Bonchev–Trinajstić information content (AvgIpc) is 2.75. The molecule has 19 heavy (non-hydrogen) atoms. The van der Waals surface area contributed by atoms with Crippen LogP contribution in [-0.2, 0) is 9.53 Å². The molecule has 3 nitrogen and oxygen atoms in total. The number of ether oxygens (including phenoxy) is 1. The Kier molecular flexibility index (Phi) is 3.40. The molecule has 2 saturated carbocycles. The van der Waals surface area contributed by atoms with Gasteiger partial charge in [-0.05, 0) is 46.0 Å². The topological polar surface area (TPSA) is 52.3 Å². The molecule has 0 radical (unpaired) electrons. The van der Waals surface area contributed by atoms with Crippen molar-refractivity contribution in [1.82, 2.24) is 0 Å². The highest BCUT2D eigenvalue weighted by atomic mass is 19.3. The lowest BCUT2D eigenvalue weighted by molar-refractivity contribution is -0.158. The summed E-state index contributed by atoms with van der Waals surface area (Å²) in [7, 11) is 0. The molecule has 2 aliphatic rings. The minimum atomic E-state index is -2.56. The van der Waals surface area contributed by atoms with Crippen molar-refractivity contribution >= 4 is 5.97 Å². The molecular weight excluding hydrogens is 252 g/mol. The quantitative estimate of drug-likeness (QED) is 0.788. The van der Waals surface area contributed by atoms with Crippen LogP contribution in [0.4, 0.5) is 8.78 Å². The predicted molar refractivity (Wildman–Crippen MR) is 67.8 cm³/mol. The van der Waals surface area contributed by atoms with E-state index in [2.05, 4.69) is 0 Å². The third kappa shape index (κ3) is 2.91. The number of carbonyl (C=O) groups excluding carboxylic acids is 1. The highest BCUT2D eigenvalue weighted by Crippen LogP contribution is 2.68. The maximum Gasteiger partial charge on any atom is 0.323 e. The molecule has 2 fully saturated rings. The van der Waals surface area contributed by atoms with Gasteiger partial charge in [0.15, 0.2) is 0 Å². The predicted octanol–water partition coefficient (Wildman–Crippen LogP) is 2.87. The fraction of sp³-hybridized carbons (Fsp3) is 0.929. The van der Waals surface area contributed by atoms with Gasteiger partial charge in [-0.1, -0.05) is 6.42 Å². The smallest absolute Gasteiger partial charge is 0.323 e. The van der Waals surface area contributed by atoms with E-state index in [9.17, 15) is 13.6 Å². The zero-order valence-electron chi connectivity index (χ0n) is 11.8. The van der Waals surface area contributed by atoms with Crippen molar-refractivity contribution in [3.8, 4) is 0 Å².